The summed E-state index contributed by atoms with van der Waals surface area (Å²) in [6, 6.07) is 0. The van der Waals surface area contributed by atoms with Crippen molar-refractivity contribution in [1.29, 1.82) is 0 Å². The Morgan fingerprint density at radius 3 is 2.48 bits per heavy atom. The molecule has 160 valence electrons. The lowest BCUT2D eigenvalue weighted by molar-refractivity contribution is 0.0713. The number of fused-ring (bicyclic) bond motifs is 5. The van der Waals surface area contributed by atoms with E-state index in [1.807, 2.05) is 6.08 Å². The molecule has 0 bridgehead atoms. The van der Waals surface area contributed by atoms with Crippen LogP contribution >= 0.6 is 0 Å². The monoisotopic (exact) mass is 394 g/mol. The molecular weight excluding hydrogens is 352 g/mol. The molecule has 4 rings (SSSR count). The third-order valence-corrected chi connectivity index (χ3v) is 9.58. The van der Waals surface area contributed by atoms with Crippen molar-refractivity contribution in [2.75, 3.05) is 0 Å². The zero-order valence-corrected chi connectivity index (χ0v) is 19.5. The predicted octanol–water partition coefficient (Wildman–Crippen LogP) is 7.11. The van der Waals surface area contributed by atoms with Gasteiger partial charge in [-0.3, -0.25) is 0 Å². The molecule has 1 N–H and O–H groups in total. The molecule has 0 aromatic heterocycles. The van der Waals surface area contributed by atoms with Gasteiger partial charge in [-0.15, -0.1) is 0 Å². The minimum atomic E-state index is -0.296. The minimum absolute atomic E-state index is 0.126. The highest BCUT2D eigenvalue weighted by Crippen LogP contribution is 2.65. The fourth-order valence-electron chi connectivity index (χ4n) is 7.20. The summed E-state index contributed by atoms with van der Waals surface area (Å²) < 4.78 is 0. The van der Waals surface area contributed by atoms with Crippen LogP contribution < -0.4 is 0 Å². The summed E-state index contributed by atoms with van der Waals surface area (Å²) in [5.74, 6) is 4.22. The Morgan fingerprint density at radius 1 is 1.00 bits per heavy atom. The lowest BCUT2D eigenvalue weighted by Crippen LogP contribution is -2.45. The summed E-state index contributed by atoms with van der Waals surface area (Å²) in [6.45, 7) is 14.5. The van der Waals surface area contributed by atoms with Crippen molar-refractivity contribution in [3.05, 3.63) is 47.6 Å². The summed E-state index contributed by atoms with van der Waals surface area (Å²) in [6.07, 6.45) is 20.1. The van der Waals surface area contributed by atoms with Gasteiger partial charge < -0.3 is 5.11 Å². The summed E-state index contributed by atoms with van der Waals surface area (Å²) in [4.78, 5) is 0. The molecule has 4 aliphatic rings. The van der Waals surface area contributed by atoms with E-state index in [4.69, 9.17) is 0 Å². The SMILES string of the molecule is CC(C)[C@H](C)/C=C/[C@H](C)[C@H]1CC[C@@H]2C3=CC=C4C[C@@H](O)C=C[C@]4(C)[C@@H]3CC[C@@]21C. The van der Waals surface area contributed by atoms with Gasteiger partial charge in [-0.05, 0) is 73.0 Å². The van der Waals surface area contributed by atoms with Gasteiger partial charge in [0.25, 0.3) is 0 Å². The van der Waals surface area contributed by atoms with E-state index in [0.29, 0.717) is 23.2 Å². The number of hydrogen-bond acceptors (Lipinski definition) is 1. The van der Waals surface area contributed by atoms with Crippen LogP contribution in [0, 0.1) is 46.3 Å². The van der Waals surface area contributed by atoms with Gasteiger partial charge in [-0.2, -0.15) is 0 Å². The first kappa shape index (κ1) is 21.2. The molecule has 0 saturated heterocycles. The van der Waals surface area contributed by atoms with E-state index in [1.54, 1.807) is 5.57 Å². The summed E-state index contributed by atoms with van der Waals surface area (Å²) >= 11 is 0. The average molecular weight is 395 g/mol. The molecule has 8 atom stereocenters. The van der Waals surface area contributed by atoms with Gasteiger partial charge in [0.1, 0.15) is 0 Å². The van der Waals surface area contributed by atoms with Gasteiger partial charge in [0, 0.05) is 5.41 Å². The molecule has 29 heavy (non-hydrogen) atoms. The van der Waals surface area contributed by atoms with Crippen molar-refractivity contribution in [3.63, 3.8) is 0 Å². The molecule has 0 aromatic carbocycles. The number of hydrogen-bond donors (Lipinski definition) is 1. The van der Waals surface area contributed by atoms with E-state index >= 15 is 0 Å². The Balaban J connectivity index is 1.58. The highest BCUT2D eigenvalue weighted by atomic mass is 16.3. The Kier molecular flexibility index (Phi) is 5.52. The quantitative estimate of drug-likeness (QED) is 0.504. The van der Waals surface area contributed by atoms with Gasteiger partial charge in [-0.1, -0.05) is 89.1 Å². The summed E-state index contributed by atoms with van der Waals surface area (Å²) in [7, 11) is 0. The van der Waals surface area contributed by atoms with Crippen LogP contribution in [0.5, 0.6) is 0 Å². The van der Waals surface area contributed by atoms with Crippen LogP contribution in [-0.4, -0.2) is 11.2 Å². The minimum Gasteiger partial charge on any atom is -0.389 e. The fraction of sp³-hybridized carbons (Fsp3) is 0.714. The lowest BCUT2D eigenvalue weighted by Gasteiger charge is -2.53. The van der Waals surface area contributed by atoms with Crippen LogP contribution in [0.1, 0.15) is 73.6 Å². The van der Waals surface area contributed by atoms with Crippen LogP contribution in [0.2, 0.25) is 0 Å². The standard InChI is InChI=1S/C28H42O/c1-18(2)19(3)7-8-20(4)24-11-12-25-23-10-9-21-17-22(29)13-15-27(21,5)26(23)14-16-28(24,25)6/h7-10,13,15,18-20,22,24-26,29H,11-12,14,16-17H2,1-6H3/b8-7+/t19-,20+,22+,24-,25-,26-,27+,28-/m1/s1. The van der Waals surface area contributed by atoms with Crippen LogP contribution in [0.4, 0.5) is 0 Å². The average Bonchev–Trinajstić information content (AvgIpc) is 3.03. The smallest absolute Gasteiger partial charge is 0.0758 e. The van der Waals surface area contributed by atoms with Gasteiger partial charge in [-0.25, -0.2) is 0 Å². The number of rotatable bonds is 4. The zero-order valence-electron chi connectivity index (χ0n) is 19.5. The summed E-state index contributed by atoms with van der Waals surface area (Å²) in [5, 5.41) is 10.1. The maximum absolute atomic E-state index is 10.1. The molecule has 1 heteroatoms. The molecular formula is C28H42O. The van der Waals surface area contributed by atoms with Crippen molar-refractivity contribution in [3.8, 4) is 0 Å². The molecule has 1 nitrogen and oxygen atoms in total. The summed E-state index contributed by atoms with van der Waals surface area (Å²) in [5.41, 5.74) is 3.73. The van der Waals surface area contributed by atoms with E-state index in [2.05, 4.69) is 71.9 Å². The molecule has 4 aliphatic carbocycles. The molecule has 2 saturated carbocycles. The van der Waals surface area contributed by atoms with Crippen molar-refractivity contribution in [2.45, 2.75) is 79.8 Å². The molecule has 0 amide bonds. The third-order valence-electron chi connectivity index (χ3n) is 9.58. The lowest BCUT2D eigenvalue weighted by atomic mass is 9.51. The van der Waals surface area contributed by atoms with Crippen LogP contribution in [0.3, 0.4) is 0 Å². The molecule has 0 radical (unpaired) electrons. The largest absolute Gasteiger partial charge is 0.389 e. The van der Waals surface area contributed by atoms with Crippen LogP contribution in [-0.2, 0) is 0 Å². The molecule has 0 aliphatic heterocycles. The second kappa shape index (κ2) is 7.56. The number of allylic oxidation sites excluding steroid dienone is 6. The van der Waals surface area contributed by atoms with Crippen LogP contribution in [0.25, 0.3) is 0 Å². The normalized spacial score (nSPS) is 43.4. The highest BCUT2D eigenvalue weighted by molar-refractivity contribution is 5.42. The zero-order chi connectivity index (χ0) is 21.0. The van der Waals surface area contributed by atoms with E-state index in [-0.39, 0.29) is 11.5 Å². The molecule has 0 heterocycles. The Bertz CT molecular complexity index is 752. The topological polar surface area (TPSA) is 20.2 Å². The van der Waals surface area contributed by atoms with Crippen molar-refractivity contribution in [2.24, 2.45) is 46.3 Å². The second-order valence-electron chi connectivity index (χ2n) is 11.5. The van der Waals surface area contributed by atoms with Crippen molar-refractivity contribution < 1.29 is 5.11 Å². The number of aliphatic hydroxyl groups excluding tert-OH is 1. The first-order chi connectivity index (χ1) is 13.7. The van der Waals surface area contributed by atoms with Crippen molar-refractivity contribution >= 4 is 0 Å². The Morgan fingerprint density at radius 2 is 1.76 bits per heavy atom. The molecule has 0 unspecified atom stereocenters. The Labute approximate surface area is 179 Å². The maximum atomic E-state index is 10.1. The van der Waals surface area contributed by atoms with Crippen molar-refractivity contribution in [1.82, 2.24) is 0 Å². The molecule has 0 aromatic rings. The first-order valence-electron chi connectivity index (χ1n) is 12.1. The maximum Gasteiger partial charge on any atom is 0.0758 e. The van der Waals surface area contributed by atoms with Gasteiger partial charge in [0.05, 0.1) is 6.10 Å². The highest BCUT2D eigenvalue weighted by Gasteiger charge is 2.56. The van der Waals surface area contributed by atoms with Gasteiger partial charge >= 0.3 is 0 Å². The van der Waals surface area contributed by atoms with E-state index in [9.17, 15) is 5.11 Å². The number of aliphatic hydroxyl groups is 1. The fourth-order valence-corrected chi connectivity index (χ4v) is 7.20. The van der Waals surface area contributed by atoms with Gasteiger partial charge in [0.2, 0.25) is 0 Å². The van der Waals surface area contributed by atoms with Crippen LogP contribution in [0.15, 0.2) is 47.6 Å². The van der Waals surface area contributed by atoms with E-state index < -0.39 is 0 Å². The predicted molar refractivity (Wildman–Crippen MR) is 123 cm³/mol. The van der Waals surface area contributed by atoms with E-state index in [1.165, 1.54) is 31.3 Å². The third kappa shape index (κ3) is 3.42. The molecule has 0 spiro atoms. The molecule has 2 fully saturated rings. The Hall–Kier alpha value is -1.08. The first-order valence-corrected chi connectivity index (χ1v) is 12.1. The van der Waals surface area contributed by atoms with E-state index in [0.717, 1.165) is 24.2 Å². The van der Waals surface area contributed by atoms with Gasteiger partial charge in [0.15, 0.2) is 0 Å². The second-order valence-corrected chi connectivity index (χ2v) is 11.5.